The third-order valence-electron chi connectivity index (χ3n) is 1.98. The van der Waals surface area contributed by atoms with Gasteiger partial charge in [-0.05, 0) is 13.0 Å². The van der Waals surface area contributed by atoms with Crippen LogP contribution in [0.4, 0.5) is 0 Å². The van der Waals surface area contributed by atoms with Gasteiger partial charge in [-0.1, -0.05) is 18.7 Å². The van der Waals surface area contributed by atoms with Crippen LogP contribution in [0.25, 0.3) is 0 Å². The summed E-state index contributed by atoms with van der Waals surface area (Å²) in [6.07, 6.45) is 4.65. The number of carbonyl (C=O) groups is 1. The maximum atomic E-state index is 10.9. The third kappa shape index (κ3) is 5.65. The van der Waals surface area contributed by atoms with E-state index < -0.39 is 0 Å². The number of carbonyl (C=O) groups excluding carboxylic acids is 1. The number of aromatic nitrogens is 2. The highest BCUT2D eigenvalue weighted by Crippen LogP contribution is 2.11. The Balaban J connectivity index is 2.36. The highest BCUT2D eigenvalue weighted by atomic mass is 32.2. The zero-order chi connectivity index (χ0) is 12.5. The van der Waals surface area contributed by atoms with Crippen molar-refractivity contribution >= 4 is 17.7 Å². The summed E-state index contributed by atoms with van der Waals surface area (Å²) in [7, 11) is 1.37. The fourth-order valence-electron chi connectivity index (χ4n) is 1.10. The fourth-order valence-corrected chi connectivity index (χ4v) is 1.72. The zero-order valence-corrected chi connectivity index (χ0v) is 10.9. The maximum Gasteiger partial charge on any atom is 0.316 e. The van der Waals surface area contributed by atoms with Gasteiger partial charge in [0.05, 0.1) is 12.9 Å². The first kappa shape index (κ1) is 13.9. The summed E-state index contributed by atoms with van der Waals surface area (Å²) < 4.78 is 4.54. The van der Waals surface area contributed by atoms with Crippen LogP contribution in [0.3, 0.4) is 0 Å². The van der Waals surface area contributed by atoms with E-state index in [-0.39, 0.29) is 11.7 Å². The molecule has 17 heavy (non-hydrogen) atoms. The van der Waals surface area contributed by atoms with Crippen LogP contribution in [0.15, 0.2) is 17.6 Å². The SMILES string of the molecule is CCCNCc1cnc(SCC(=O)OC)nc1. The number of esters is 1. The molecule has 1 aromatic heterocycles. The van der Waals surface area contributed by atoms with Crippen molar-refractivity contribution < 1.29 is 9.53 Å². The highest BCUT2D eigenvalue weighted by molar-refractivity contribution is 7.99. The molecular formula is C11H17N3O2S. The second kappa shape index (κ2) is 8.03. The Morgan fingerprint density at radius 1 is 1.47 bits per heavy atom. The van der Waals surface area contributed by atoms with E-state index in [0.29, 0.717) is 5.16 Å². The van der Waals surface area contributed by atoms with Crippen LogP contribution in [0, 0.1) is 0 Å². The number of hydrogen-bond donors (Lipinski definition) is 1. The molecule has 0 unspecified atom stereocenters. The van der Waals surface area contributed by atoms with Gasteiger partial charge in [-0.25, -0.2) is 9.97 Å². The third-order valence-corrected chi connectivity index (χ3v) is 2.83. The molecule has 6 heteroatoms. The lowest BCUT2D eigenvalue weighted by Crippen LogP contribution is -2.14. The van der Waals surface area contributed by atoms with Crippen molar-refractivity contribution in [3.63, 3.8) is 0 Å². The van der Waals surface area contributed by atoms with Gasteiger partial charge in [0.25, 0.3) is 0 Å². The van der Waals surface area contributed by atoms with E-state index in [1.165, 1.54) is 18.9 Å². The minimum atomic E-state index is -0.271. The second-order valence-electron chi connectivity index (χ2n) is 3.42. The molecule has 1 rings (SSSR count). The molecule has 1 N–H and O–H groups in total. The summed E-state index contributed by atoms with van der Waals surface area (Å²) in [6.45, 7) is 3.88. The molecule has 0 fully saturated rings. The molecule has 0 bridgehead atoms. The Labute approximate surface area is 105 Å². The van der Waals surface area contributed by atoms with Gasteiger partial charge in [0.15, 0.2) is 5.16 Å². The number of hydrogen-bond acceptors (Lipinski definition) is 6. The predicted molar refractivity (Wildman–Crippen MR) is 66.8 cm³/mol. The number of ether oxygens (including phenoxy) is 1. The molecule has 0 spiro atoms. The van der Waals surface area contributed by atoms with E-state index in [1.807, 2.05) is 0 Å². The van der Waals surface area contributed by atoms with E-state index >= 15 is 0 Å². The van der Waals surface area contributed by atoms with Crippen LogP contribution in [0.5, 0.6) is 0 Å². The first-order chi connectivity index (χ1) is 8.26. The lowest BCUT2D eigenvalue weighted by atomic mass is 10.3. The predicted octanol–water partition coefficient (Wildman–Crippen LogP) is 1.24. The van der Waals surface area contributed by atoms with Crippen molar-refractivity contribution in [1.29, 1.82) is 0 Å². The summed E-state index contributed by atoms with van der Waals surface area (Å²) in [5.74, 6) is -0.0310. The van der Waals surface area contributed by atoms with Gasteiger partial charge in [0.1, 0.15) is 0 Å². The monoisotopic (exact) mass is 255 g/mol. The molecule has 0 amide bonds. The van der Waals surface area contributed by atoms with Gasteiger partial charge in [-0.15, -0.1) is 0 Å². The Kier molecular flexibility index (Phi) is 6.57. The van der Waals surface area contributed by atoms with Crippen molar-refractivity contribution in [3.8, 4) is 0 Å². The first-order valence-corrected chi connectivity index (χ1v) is 6.46. The molecule has 0 saturated heterocycles. The summed E-state index contributed by atoms with van der Waals surface area (Å²) in [5.41, 5.74) is 1.04. The van der Waals surface area contributed by atoms with E-state index in [2.05, 4.69) is 26.9 Å². The van der Waals surface area contributed by atoms with Crippen LogP contribution >= 0.6 is 11.8 Å². The summed E-state index contributed by atoms with van der Waals surface area (Å²) in [6, 6.07) is 0. The number of methoxy groups -OCH3 is 1. The molecule has 0 radical (unpaired) electrons. The molecule has 0 aliphatic heterocycles. The fraction of sp³-hybridized carbons (Fsp3) is 0.545. The smallest absolute Gasteiger partial charge is 0.316 e. The van der Waals surface area contributed by atoms with Crippen molar-refractivity contribution in [2.24, 2.45) is 0 Å². The van der Waals surface area contributed by atoms with Crippen LogP contribution < -0.4 is 5.32 Å². The average Bonchev–Trinajstić information content (AvgIpc) is 2.37. The number of thioether (sulfide) groups is 1. The molecule has 0 atom stereocenters. The van der Waals surface area contributed by atoms with Crippen molar-refractivity contribution in [2.75, 3.05) is 19.4 Å². The molecule has 5 nitrogen and oxygen atoms in total. The van der Waals surface area contributed by atoms with Crippen LogP contribution in [-0.2, 0) is 16.1 Å². The lowest BCUT2D eigenvalue weighted by molar-refractivity contribution is -0.137. The minimum absolute atomic E-state index is 0.240. The maximum absolute atomic E-state index is 10.9. The van der Waals surface area contributed by atoms with Gasteiger partial charge in [0, 0.05) is 24.5 Å². The topological polar surface area (TPSA) is 64.1 Å². The molecule has 0 saturated carbocycles. The lowest BCUT2D eigenvalue weighted by Gasteiger charge is -2.03. The second-order valence-corrected chi connectivity index (χ2v) is 4.36. The highest BCUT2D eigenvalue weighted by Gasteiger charge is 2.04. The number of nitrogens with one attached hydrogen (secondary N) is 1. The number of nitrogens with zero attached hydrogens (tertiary/aromatic N) is 2. The Morgan fingerprint density at radius 3 is 2.76 bits per heavy atom. The molecule has 0 aromatic carbocycles. The van der Waals surface area contributed by atoms with E-state index in [0.717, 1.165) is 25.1 Å². The van der Waals surface area contributed by atoms with E-state index in [4.69, 9.17) is 0 Å². The van der Waals surface area contributed by atoms with Crippen molar-refractivity contribution in [1.82, 2.24) is 15.3 Å². The van der Waals surface area contributed by atoms with Crippen LogP contribution in [0.1, 0.15) is 18.9 Å². The van der Waals surface area contributed by atoms with Gasteiger partial charge in [0.2, 0.25) is 0 Å². The summed E-state index contributed by atoms with van der Waals surface area (Å²) in [5, 5.41) is 3.86. The Bertz CT molecular complexity index is 343. The van der Waals surface area contributed by atoms with Crippen LogP contribution in [0.2, 0.25) is 0 Å². The Hall–Kier alpha value is -1.14. The summed E-state index contributed by atoms with van der Waals surface area (Å²) >= 11 is 1.27. The number of rotatable bonds is 7. The van der Waals surface area contributed by atoms with Crippen molar-refractivity contribution in [3.05, 3.63) is 18.0 Å². The van der Waals surface area contributed by atoms with E-state index in [1.54, 1.807) is 12.4 Å². The molecule has 0 aliphatic carbocycles. The first-order valence-electron chi connectivity index (χ1n) is 5.47. The molecule has 1 aromatic rings. The van der Waals surface area contributed by atoms with Crippen LogP contribution in [-0.4, -0.2) is 35.3 Å². The summed E-state index contributed by atoms with van der Waals surface area (Å²) in [4.78, 5) is 19.3. The standard InChI is InChI=1S/C11H17N3O2S/c1-3-4-12-5-9-6-13-11(14-7-9)17-8-10(15)16-2/h6-7,12H,3-5,8H2,1-2H3. The van der Waals surface area contributed by atoms with Gasteiger partial charge < -0.3 is 10.1 Å². The molecule has 0 aliphatic rings. The average molecular weight is 255 g/mol. The molecule has 1 heterocycles. The largest absolute Gasteiger partial charge is 0.468 e. The normalized spacial score (nSPS) is 10.2. The van der Waals surface area contributed by atoms with Gasteiger partial charge in [-0.2, -0.15) is 0 Å². The minimum Gasteiger partial charge on any atom is -0.468 e. The molecule has 94 valence electrons. The Morgan fingerprint density at radius 2 is 2.18 bits per heavy atom. The van der Waals surface area contributed by atoms with Gasteiger partial charge >= 0.3 is 5.97 Å². The zero-order valence-electron chi connectivity index (χ0n) is 10.1. The van der Waals surface area contributed by atoms with Gasteiger partial charge in [-0.3, -0.25) is 4.79 Å². The quantitative estimate of drug-likeness (QED) is 0.342. The molecular weight excluding hydrogens is 238 g/mol. The van der Waals surface area contributed by atoms with Crippen molar-refractivity contribution in [2.45, 2.75) is 25.0 Å². The van der Waals surface area contributed by atoms with E-state index in [9.17, 15) is 4.79 Å².